The lowest BCUT2D eigenvalue weighted by atomic mass is 10.1. The van der Waals surface area contributed by atoms with Crippen LogP contribution in [0.3, 0.4) is 0 Å². The topological polar surface area (TPSA) is 96.0 Å². The van der Waals surface area contributed by atoms with Crippen LogP contribution < -0.4 is 10.5 Å². The molecule has 2 rings (SSSR count). The van der Waals surface area contributed by atoms with Crippen molar-refractivity contribution in [2.75, 3.05) is 6.54 Å². The first-order valence-corrected chi connectivity index (χ1v) is 8.20. The fourth-order valence-electron chi connectivity index (χ4n) is 2.74. The molecule has 0 spiro atoms. The van der Waals surface area contributed by atoms with Crippen molar-refractivity contribution in [1.82, 2.24) is 4.72 Å². The quantitative estimate of drug-likeness (QED) is 0.878. The van der Waals surface area contributed by atoms with Crippen molar-refractivity contribution in [3.05, 3.63) is 29.3 Å². The van der Waals surface area contributed by atoms with Crippen LogP contribution in [-0.4, -0.2) is 21.0 Å². The molecule has 1 aromatic rings. The van der Waals surface area contributed by atoms with Crippen molar-refractivity contribution < 1.29 is 8.42 Å². The van der Waals surface area contributed by atoms with E-state index in [9.17, 15) is 8.42 Å². The molecule has 7 heteroatoms. The van der Waals surface area contributed by atoms with Crippen LogP contribution in [0.2, 0.25) is 0 Å². The number of rotatable bonds is 4. The van der Waals surface area contributed by atoms with Crippen molar-refractivity contribution in [1.29, 1.82) is 5.26 Å². The first-order valence-electron chi connectivity index (χ1n) is 6.71. The Kier molecular flexibility index (Phi) is 6.17. The maximum Gasteiger partial charge on any atom is 0.242 e. The van der Waals surface area contributed by atoms with Crippen LogP contribution in [0.5, 0.6) is 0 Å². The summed E-state index contributed by atoms with van der Waals surface area (Å²) in [6.45, 7) is 2.21. The Morgan fingerprint density at radius 3 is 2.76 bits per heavy atom. The summed E-state index contributed by atoms with van der Waals surface area (Å²) in [6.07, 6.45) is 2.73. The number of hydrogen-bond acceptors (Lipinski definition) is 4. The van der Waals surface area contributed by atoms with E-state index >= 15 is 0 Å². The summed E-state index contributed by atoms with van der Waals surface area (Å²) in [5.74, 6) is 0.181. The van der Waals surface area contributed by atoms with Crippen molar-refractivity contribution >= 4 is 22.4 Å². The molecule has 1 fully saturated rings. The van der Waals surface area contributed by atoms with Crippen LogP contribution in [0.1, 0.15) is 30.4 Å². The van der Waals surface area contributed by atoms with Crippen LogP contribution in [-0.2, 0) is 10.0 Å². The third kappa shape index (κ3) is 3.74. The lowest BCUT2D eigenvalue weighted by Gasteiger charge is -2.20. The van der Waals surface area contributed by atoms with E-state index in [0.717, 1.165) is 19.3 Å². The Balaban J connectivity index is 0.00000220. The van der Waals surface area contributed by atoms with Gasteiger partial charge in [0.2, 0.25) is 10.0 Å². The Labute approximate surface area is 132 Å². The van der Waals surface area contributed by atoms with Gasteiger partial charge in [0.15, 0.2) is 0 Å². The predicted octanol–water partition coefficient (Wildman–Crippen LogP) is 1.69. The molecular formula is C14H20ClN3O2S. The van der Waals surface area contributed by atoms with E-state index in [-0.39, 0.29) is 34.8 Å². The van der Waals surface area contributed by atoms with E-state index in [4.69, 9.17) is 11.0 Å². The molecule has 2 unspecified atom stereocenters. The Morgan fingerprint density at radius 2 is 2.14 bits per heavy atom. The largest absolute Gasteiger partial charge is 0.330 e. The molecule has 1 aromatic carbocycles. The highest BCUT2D eigenvalue weighted by Gasteiger charge is 2.31. The van der Waals surface area contributed by atoms with Gasteiger partial charge in [-0.2, -0.15) is 5.26 Å². The van der Waals surface area contributed by atoms with Gasteiger partial charge in [-0.05, 0) is 43.9 Å². The molecular weight excluding hydrogens is 310 g/mol. The highest BCUT2D eigenvalue weighted by atomic mass is 35.5. The first-order chi connectivity index (χ1) is 9.49. The van der Waals surface area contributed by atoms with Gasteiger partial charge in [0.05, 0.1) is 5.56 Å². The number of nitrogens with two attached hydrogens (primary N) is 1. The minimum absolute atomic E-state index is 0. The number of hydrogen-bond donors (Lipinski definition) is 2. The van der Waals surface area contributed by atoms with Gasteiger partial charge in [-0.15, -0.1) is 12.4 Å². The maximum absolute atomic E-state index is 12.5. The minimum Gasteiger partial charge on any atom is -0.330 e. The zero-order valence-corrected chi connectivity index (χ0v) is 13.5. The van der Waals surface area contributed by atoms with Gasteiger partial charge in [0.25, 0.3) is 0 Å². The molecule has 21 heavy (non-hydrogen) atoms. The average Bonchev–Trinajstić information content (AvgIpc) is 2.84. The third-order valence-electron chi connectivity index (χ3n) is 3.90. The van der Waals surface area contributed by atoms with Crippen molar-refractivity contribution in [2.24, 2.45) is 11.7 Å². The average molecular weight is 330 g/mol. The molecule has 2 atom stereocenters. The van der Waals surface area contributed by atoms with E-state index in [1.807, 2.05) is 6.07 Å². The Morgan fingerprint density at radius 1 is 1.43 bits per heavy atom. The second-order valence-electron chi connectivity index (χ2n) is 5.21. The predicted molar refractivity (Wildman–Crippen MR) is 83.6 cm³/mol. The number of nitrogens with one attached hydrogen (secondary N) is 1. The van der Waals surface area contributed by atoms with Crippen molar-refractivity contribution in [3.8, 4) is 6.07 Å². The Bertz CT molecular complexity index is 640. The minimum atomic E-state index is -3.68. The zero-order chi connectivity index (χ0) is 14.8. The van der Waals surface area contributed by atoms with Gasteiger partial charge in [-0.1, -0.05) is 18.6 Å². The molecule has 0 aromatic heterocycles. The Hall–Kier alpha value is -1.13. The fourth-order valence-corrected chi connectivity index (χ4v) is 4.31. The molecule has 1 aliphatic carbocycles. The standard InChI is InChI=1S/C14H19N3O2S.ClH/c1-10-4-2-7-14(12(10)9-16)20(18,19)17-13-6-3-5-11(13)8-15;/h2,4,7,11,13,17H,3,5-6,8,15H2,1H3;1H. The van der Waals surface area contributed by atoms with Crippen molar-refractivity contribution in [3.63, 3.8) is 0 Å². The van der Waals surface area contributed by atoms with Gasteiger partial charge >= 0.3 is 0 Å². The third-order valence-corrected chi connectivity index (χ3v) is 5.44. The van der Waals surface area contributed by atoms with Gasteiger partial charge < -0.3 is 5.73 Å². The second-order valence-corrected chi connectivity index (χ2v) is 6.90. The van der Waals surface area contributed by atoms with Crippen molar-refractivity contribution in [2.45, 2.75) is 37.1 Å². The molecule has 0 saturated heterocycles. The summed E-state index contributed by atoms with van der Waals surface area (Å²) in [4.78, 5) is 0.0580. The van der Waals surface area contributed by atoms with E-state index in [0.29, 0.717) is 12.1 Å². The summed E-state index contributed by atoms with van der Waals surface area (Å²) < 4.78 is 27.7. The molecule has 0 heterocycles. The molecule has 1 aliphatic rings. The smallest absolute Gasteiger partial charge is 0.242 e. The van der Waals surface area contributed by atoms with Gasteiger partial charge in [0, 0.05) is 6.04 Å². The van der Waals surface area contributed by atoms with Gasteiger partial charge in [-0.3, -0.25) is 0 Å². The number of sulfonamides is 1. The summed E-state index contributed by atoms with van der Waals surface area (Å²) in [7, 11) is -3.68. The molecule has 5 nitrogen and oxygen atoms in total. The first kappa shape index (κ1) is 17.9. The molecule has 116 valence electrons. The molecule has 0 aliphatic heterocycles. The molecule has 0 amide bonds. The van der Waals surface area contributed by atoms with Gasteiger partial charge in [0.1, 0.15) is 11.0 Å². The number of halogens is 1. The summed E-state index contributed by atoms with van der Waals surface area (Å²) in [5.41, 5.74) is 6.55. The van der Waals surface area contributed by atoms with Crippen LogP contribution in [0.25, 0.3) is 0 Å². The highest BCUT2D eigenvalue weighted by molar-refractivity contribution is 7.89. The summed E-state index contributed by atoms with van der Waals surface area (Å²) >= 11 is 0. The van der Waals surface area contributed by atoms with Crippen LogP contribution >= 0.6 is 12.4 Å². The zero-order valence-electron chi connectivity index (χ0n) is 11.9. The summed E-state index contributed by atoms with van der Waals surface area (Å²) in [6, 6.07) is 6.71. The van der Waals surface area contributed by atoms with E-state index in [1.54, 1.807) is 19.1 Å². The SMILES string of the molecule is Cc1cccc(S(=O)(=O)NC2CCCC2CN)c1C#N.Cl. The maximum atomic E-state index is 12.5. The number of benzene rings is 1. The fraction of sp³-hybridized carbons (Fsp3) is 0.500. The lowest BCUT2D eigenvalue weighted by molar-refractivity contribution is 0.453. The van der Waals surface area contributed by atoms with Crippen LogP contribution in [0, 0.1) is 24.2 Å². The van der Waals surface area contributed by atoms with Crippen LogP contribution in [0.15, 0.2) is 23.1 Å². The number of nitrogens with zero attached hydrogens (tertiary/aromatic N) is 1. The lowest BCUT2D eigenvalue weighted by Crippen LogP contribution is -2.40. The normalized spacial score (nSPS) is 21.6. The second kappa shape index (κ2) is 7.23. The number of nitriles is 1. The van der Waals surface area contributed by atoms with Crippen LogP contribution in [0.4, 0.5) is 0 Å². The highest BCUT2D eigenvalue weighted by Crippen LogP contribution is 2.27. The monoisotopic (exact) mass is 329 g/mol. The van der Waals surface area contributed by atoms with E-state index in [1.165, 1.54) is 6.07 Å². The number of aryl methyl sites for hydroxylation is 1. The van der Waals surface area contributed by atoms with E-state index < -0.39 is 10.0 Å². The van der Waals surface area contributed by atoms with Gasteiger partial charge in [-0.25, -0.2) is 13.1 Å². The molecule has 0 radical (unpaired) electrons. The molecule has 0 bridgehead atoms. The summed E-state index contributed by atoms with van der Waals surface area (Å²) in [5, 5.41) is 9.16. The molecule has 3 N–H and O–H groups in total. The van der Waals surface area contributed by atoms with E-state index in [2.05, 4.69) is 4.72 Å². The molecule has 1 saturated carbocycles.